The first-order valence-electron chi connectivity index (χ1n) is 9.81. The summed E-state index contributed by atoms with van der Waals surface area (Å²) < 4.78 is 0. The molecule has 0 spiro atoms. The molecule has 0 aliphatic carbocycles. The van der Waals surface area contributed by atoms with Gasteiger partial charge in [-0.05, 0) is 47.4 Å². The Hall–Kier alpha value is -2.76. The van der Waals surface area contributed by atoms with Crippen LogP contribution in [0.15, 0.2) is 70.5 Å². The molecule has 156 valence electrons. The van der Waals surface area contributed by atoms with Crippen LogP contribution >= 0.6 is 11.8 Å². The number of hydrogen-bond donors (Lipinski definition) is 3. The third-order valence-electron chi connectivity index (χ3n) is 5.07. The van der Waals surface area contributed by atoms with Crippen molar-refractivity contribution in [2.75, 3.05) is 0 Å². The van der Waals surface area contributed by atoms with Gasteiger partial charge in [-0.15, -0.1) is 0 Å². The number of rotatable bonds is 6. The van der Waals surface area contributed by atoms with Crippen LogP contribution in [0.4, 0.5) is 0 Å². The van der Waals surface area contributed by atoms with Crippen LogP contribution in [0.2, 0.25) is 0 Å². The summed E-state index contributed by atoms with van der Waals surface area (Å²) in [4.78, 5) is 13.0. The first-order valence-corrected chi connectivity index (χ1v) is 10.6. The fraction of sp³-hybridized carbons (Fsp3) is 0.240. The molecule has 3 aromatic rings. The van der Waals surface area contributed by atoms with Gasteiger partial charge in [0.15, 0.2) is 0 Å². The summed E-state index contributed by atoms with van der Waals surface area (Å²) in [6.07, 6.45) is 0.828. The van der Waals surface area contributed by atoms with Crippen LogP contribution in [0.1, 0.15) is 53.7 Å². The topological polar surface area (TPSA) is 83.5 Å². The lowest BCUT2D eigenvalue weighted by molar-refractivity contribution is 0.112. The lowest BCUT2D eigenvalue weighted by Crippen LogP contribution is -2.20. The van der Waals surface area contributed by atoms with E-state index in [1.165, 1.54) is 0 Å². The van der Waals surface area contributed by atoms with Gasteiger partial charge in [0.25, 0.3) is 0 Å². The number of phenolic OH excluding ortho intramolecular Hbond substituents is 2. The molecule has 1 unspecified atom stereocenters. The van der Waals surface area contributed by atoms with Crippen molar-refractivity contribution in [3.05, 3.63) is 82.9 Å². The minimum absolute atomic E-state index is 0.0936. The number of aldehydes is 1. The monoisotopic (exact) mass is 421 g/mol. The highest BCUT2D eigenvalue weighted by atomic mass is 32.2. The average molecular weight is 422 g/mol. The van der Waals surface area contributed by atoms with Gasteiger partial charge in [0.1, 0.15) is 17.8 Å². The van der Waals surface area contributed by atoms with Gasteiger partial charge in [-0.3, -0.25) is 4.79 Å². The number of hydrogen-bond acceptors (Lipinski definition) is 5. The number of phenols is 2. The molecule has 0 heterocycles. The van der Waals surface area contributed by atoms with Crippen LogP contribution in [0, 0.1) is 5.41 Å². The molecule has 0 aliphatic rings. The summed E-state index contributed by atoms with van der Waals surface area (Å²) >= 11 is 1.55. The Morgan fingerprint density at radius 2 is 1.60 bits per heavy atom. The fourth-order valence-corrected chi connectivity index (χ4v) is 4.62. The van der Waals surface area contributed by atoms with E-state index in [2.05, 4.69) is 20.8 Å². The summed E-state index contributed by atoms with van der Waals surface area (Å²) in [5.41, 5.74) is 8.90. The van der Waals surface area contributed by atoms with Crippen molar-refractivity contribution in [1.82, 2.24) is 0 Å². The zero-order valence-corrected chi connectivity index (χ0v) is 18.2. The molecule has 4 nitrogen and oxygen atoms in total. The number of benzene rings is 3. The molecular formula is C25H27NO3S. The van der Waals surface area contributed by atoms with Gasteiger partial charge in [0.05, 0.1) is 0 Å². The van der Waals surface area contributed by atoms with Crippen molar-refractivity contribution in [2.45, 2.75) is 43.0 Å². The quantitative estimate of drug-likeness (QED) is 0.445. The Labute approximate surface area is 181 Å². The van der Waals surface area contributed by atoms with Gasteiger partial charge < -0.3 is 15.9 Å². The smallest absolute Gasteiger partial charge is 0.150 e. The Bertz CT molecular complexity index is 1020. The molecule has 0 fully saturated rings. The Balaban J connectivity index is 2.11. The van der Waals surface area contributed by atoms with E-state index in [9.17, 15) is 15.0 Å². The van der Waals surface area contributed by atoms with Gasteiger partial charge in [0, 0.05) is 38.9 Å². The van der Waals surface area contributed by atoms with E-state index in [-0.39, 0.29) is 29.4 Å². The summed E-state index contributed by atoms with van der Waals surface area (Å²) in [7, 11) is 0. The Morgan fingerprint density at radius 1 is 0.967 bits per heavy atom. The zero-order chi connectivity index (χ0) is 21.9. The summed E-state index contributed by atoms with van der Waals surface area (Å²) in [5, 5.41) is 20.6. The second-order valence-electron chi connectivity index (χ2n) is 8.40. The van der Waals surface area contributed by atoms with Gasteiger partial charge in [-0.1, -0.05) is 56.8 Å². The number of carbonyl (C=O) groups is 1. The van der Waals surface area contributed by atoms with Crippen LogP contribution in [0.3, 0.4) is 0 Å². The molecule has 0 bridgehead atoms. The minimum atomic E-state index is -0.187. The minimum Gasteiger partial charge on any atom is -0.508 e. The van der Waals surface area contributed by atoms with Crippen LogP contribution in [0.5, 0.6) is 11.5 Å². The van der Waals surface area contributed by atoms with Crippen LogP contribution in [-0.4, -0.2) is 16.5 Å². The van der Waals surface area contributed by atoms with Crippen molar-refractivity contribution in [3.8, 4) is 11.5 Å². The number of aromatic hydroxyl groups is 2. The van der Waals surface area contributed by atoms with Crippen molar-refractivity contribution < 1.29 is 15.0 Å². The highest BCUT2D eigenvalue weighted by Crippen LogP contribution is 2.46. The molecule has 4 N–H and O–H groups in total. The van der Waals surface area contributed by atoms with Crippen LogP contribution in [-0.2, 0) is 6.54 Å². The maximum absolute atomic E-state index is 11.1. The lowest BCUT2D eigenvalue weighted by atomic mass is 9.72. The predicted octanol–water partition coefficient (Wildman–Crippen LogP) is 5.70. The van der Waals surface area contributed by atoms with Crippen molar-refractivity contribution >= 4 is 18.0 Å². The third-order valence-corrected chi connectivity index (χ3v) is 6.05. The highest BCUT2D eigenvalue weighted by molar-refractivity contribution is 7.99. The molecule has 0 amide bonds. The molecule has 0 aromatic heterocycles. The maximum Gasteiger partial charge on any atom is 0.150 e. The van der Waals surface area contributed by atoms with Crippen molar-refractivity contribution in [3.63, 3.8) is 0 Å². The second kappa shape index (κ2) is 8.94. The normalized spacial score (nSPS) is 12.5. The van der Waals surface area contributed by atoms with E-state index in [4.69, 9.17) is 5.73 Å². The van der Waals surface area contributed by atoms with E-state index < -0.39 is 0 Å². The maximum atomic E-state index is 11.1. The molecule has 5 heteroatoms. The first-order chi connectivity index (χ1) is 14.2. The van der Waals surface area contributed by atoms with Crippen molar-refractivity contribution in [2.24, 2.45) is 11.1 Å². The fourth-order valence-electron chi connectivity index (χ4n) is 3.69. The van der Waals surface area contributed by atoms with Crippen molar-refractivity contribution in [1.29, 1.82) is 0 Å². The molecule has 0 saturated heterocycles. The summed E-state index contributed by atoms with van der Waals surface area (Å²) in [6.45, 7) is 6.62. The second-order valence-corrected chi connectivity index (χ2v) is 9.55. The van der Waals surface area contributed by atoms with E-state index >= 15 is 0 Å². The highest BCUT2D eigenvalue weighted by Gasteiger charge is 2.31. The molecule has 3 rings (SSSR count). The SMILES string of the molecule is CC(C)(C)C(c1ccc(C=O)cc1)c1cc(Sc2ccc(O)cc2)cc(CN)c1O. The van der Waals surface area contributed by atoms with Gasteiger partial charge in [0.2, 0.25) is 0 Å². The van der Waals surface area contributed by atoms with E-state index in [1.54, 1.807) is 36.0 Å². The van der Waals surface area contributed by atoms with E-state index in [0.717, 1.165) is 27.2 Å². The Morgan fingerprint density at radius 3 is 2.13 bits per heavy atom. The molecule has 3 aromatic carbocycles. The largest absolute Gasteiger partial charge is 0.508 e. The summed E-state index contributed by atoms with van der Waals surface area (Å²) in [5.74, 6) is 0.343. The molecular weight excluding hydrogens is 394 g/mol. The first kappa shape index (κ1) is 21.9. The molecule has 0 saturated carbocycles. The number of nitrogens with two attached hydrogens (primary N) is 1. The van der Waals surface area contributed by atoms with E-state index in [1.807, 2.05) is 36.4 Å². The molecule has 0 aliphatic heterocycles. The van der Waals surface area contributed by atoms with Gasteiger partial charge >= 0.3 is 0 Å². The molecule has 30 heavy (non-hydrogen) atoms. The average Bonchev–Trinajstić information content (AvgIpc) is 2.71. The molecule has 0 radical (unpaired) electrons. The van der Waals surface area contributed by atoms with Crippen LogP contribution in [0.25, 0.3) is 0 Å². The predicted molar refractivity (Wildman–Crippen MR) is 121 cm³/mol. The zero-order valence-electron chi connectivity index (χ0n) is 17.4. The molecule has 1 atom stereocenters. The van der Waals surface area contributed by atoms with Gasteiger partial charge in [-0.25, -0.2) is 0 Å². The summed E-state index contributed by atoms with van der Waals surface area (Å²) in [6, 6.07) is 18.4. The lowest BCUT2D eigenvalue weighted by Gasteiger charge is -2.33. The van der Waals surface area contributed by atoms with Gasteiger partial charge in [-0.2, -0.15) is 0 Å². The van der Waals surface area contributed by atoms with Crippen LogP contribution < -0.4 is 5.73 Å². The Kier molecular flexibility index (Phi) is 6.54. The van der Waals surface area contributed by atoms with E-state index in [0.29, 0.717) is 11.1 Å². The third kappa shape index (κ3) is 4.86. The standard InChI is InChI=1S/C25H27NO3S/c1-25(2,3)23(17-6-4-16(15-27)5-7-17)22-13-21(12-18(14-26)24(22)29)30-20-10-8-19(28)9-11-20/h4-13,15,23,28-29H,14,26H2,1-3H3. The number of carbonyl (C=O) groups excluding carboxylic acids is 1.